The molecule has 3 heteroatoms. The Bertz CT molecular complexity index is 433. The first kappa shape index (κ1) is 15.5. The Kier molecular flexibility index (Phi) is 4.98. The number of benzene rings is 1. The summed E-state index contributed by atoms with van der Waals surface area (Å²) in [6, 6.07) is 7.33. The normalized spacial score (nSPS) is 11.5. The molecule has 0 fully saturated rings. The highest BCUT2D eigenvalue weighted by Crippen LogP contribution is 2.21. The van der Waals surface area contributed by atoms with Crippen molar-refractivity contribution in [1.82, 2.24) is 4.90 Å². The monoisotopic (exact) mass is 263 g/mol. The number of methoxy groups -OCH3 is 1. The van der Waals surface area contributed by atoms with E-state index in [2.05, 4.69) is 34.6 Å². The highest BCUT2D eigenvalue weighted by molar-refractivity contribution is 5.95. The zero-order valence-electron chi connectivity index (χ0n) is 12.9. The third-order valence-electron chi connectivity index (χ3n) is 2.92. The fraction of sp³-hybridized carbons (Fsp3) is 0.562. The number of amides is 1. The van der Waals surface area contributed by atoms with E-state index in [9.17, 15) is 4.79 Å². The summed E-state index contributed by atoms with van der Waals surface area (Å²) in [5, 5.41) is 0. The van der Waals surface area contributed by atoms with E-state index in [-0.39, 0.29) is 11.4 Å². The van der Waals surface area contributed by atoms with Crippen LogP contribution in [-0.2, 0) is 0 Å². The molecule has 3 nitrogen and oxygen atoms in total. The van der Waals surface area contributed by atoms with E-state index in [1.807, 2.05) is 23.1 Å². The predicted octanol–water partition coefficient (Wildman–Crippen LogP) is 3.59. The Morgan fingerprint density at radius 2 is 1.95 bits per heavy atom. The van der Waals surface area contributed by atoms with Gasteiger partial charge in [-0.3, -0.25) is 4.79 Å². The molecular weight excluding hydrogens is 238 g/mol. The van der Waals surface area contributed by atoms with Gasteiger partial charge in [-0.05, 0) is 44.9 Å². The summed E-state index contributed by atoms with van der Waals surface area (Å²) in [4.78, 5) is 14.6. The maximum Gasteiger partial charge on any atom is 0.254 e. The molecule has 0 aromatic heterocycles. The lowest BCUT2D eigenvalue weighted by Gasteiger charge is -2.37. The molecule has 0 unspecified atom stereocenters. The van der Waals surface area contributed by atoms with Crippen LogP contribution in [0.5, 0.6) is 5.75 Å². The Balaban J connectivity index is 3.05. The highest BCUT2D eigenvalue weighted by atomic mass is 16.5. The maximum absolute atomic E-state index is 12.7. The van der Waals surface area contributed by atoms with E-state index in [1.54, 1.807) is 13.2 Å². The highest BCUT2D eigenvalue weighted by Gasteiger charge is 2.27. The third kappa shape index (κ3) is 4.27. The Morgan fingerprint density at radius 1 is 1.32 bits per heavy atom. The molecule has 0 heterocycles. The SMILES string of the molecule is COc1cccc(C(=O)N(CC(C)C)C(C)(C)C)c1. The number of nitrogens with zero attached hydrogens (tertiary/aromatic N) is 1. The fourth-order valence-electron chi connectivity index (χ4n) is 1.94. The largest absolute Gasteiger partial charge is 0.497 e. The summed E-state index contributed by atoms with van der Waals surface area (Å²) in [6.07, 6.45) is 0. The molecule has 0 saturated heterocycles. The summed E-state index contributed by atoms with van der Waals surface area (Å²) in [6.45, 7) is 11.2. The molecule has 0 aliphatic heterocycles. The number of ether oxygens (including phenoxy) is 1. The van der Waals surface area contributed by atoms with Gasteiger partial charge in [0.25, 0.3) is 5.91 Å². The summed E-state index contributed by atoms with van der Waals surface area (Å²) < 4.78 is 5.18. The lowest BCUT2D eigenvalue weighted by molar-refractivity contribution is 0.0547. The van der Waals surface area contributed by atoms with E-state index in [4.69, 9.17) is 4.74 Å². The van der Waals surface area contributed by atoms with Crippen LogP contribution in [-0.4, -0.2) is 30.0 Å². The molecule has 1 amide bonds. The van der Waals surface area contributed by atoms with Gasteiger partial charge in [0.1, 0.15) is 5.75 Å². The van der Waals surface area contributed by atoms with Crippen molar-refractivity contribution < 1.29 is 9.53 Å². The number of hydrogen-bond acceptors (Lipinski definition) is 2. The van der Waals surface area contributed by atoms with E-state index in [1.165, 1.54) is 0 Å². The van der Waals surface area contributed by atoms with Gasteiger partial charge < -0.3 is 9.64 Å². The minimum absolute atomic E-state index is 0.0556. The van der Waals surface area contributed by atoms with Crippen molar-refractivity contribution in [2.45, 2.75) is 40.2 Å². The van der Waals surface area contributed by atoms with Crippen molar-refractivity contribution >= 4 is 5.91 Å². The lowest BCUT2D eigenvalue weighted by Crippen LogP contribution is -2.47. The topological polar surface area (TPSA) is 29.5 Å². The molecule has 0 atom stereocenters. The van der Waals surface area contributed by atoms with Crippen molar-refractivity contribution in [3.05, 3.63) is 29.8 Å². The summed E-state index contributed by atoms with van der Waals surface area (Å²) in [7, 11) is 1.61. The smallest absolute Gasteiger partial charge is 0.254 e. The van der Waals surface area contributed by atoms with Crippen LogP contribution in [0.15, 0.2) is 24.3 Å². The zero-order valence-corrected chi connectivity index (χ0v) is 12.9. The van der Waals surface area contributed by atoms with Crippen LogP contribution in [0.3, 0.4) is 0 Å². The second-order valence-electron chi connectivity index (χ2n) is 6.21. The molecule has 1 aromatic carbocycles. The Morgan fingerprint density at radius 3 is 2.42 bits per heavy atom. The van der Waals surface area contributed by atoms with Crippen molar-refractivity contribution in [3.63, 3.8) is 0 Å². The van der Waals surface area contributed by atoms with Crippen molar-refractivity contribution in [2.24, 2.45) is 5.92 Å². The van der Waals surface area contributed by atoms with Gasteiger partial charge in [-0.25, -0.2) is 0 Å². The van der Waals surface area contributed by atoms with Gasteiger partial charge in [0, 0.05) is 17.6 Å². The second kappa shape index (κ2) is 6.09. The first-order valence-electron chi connectivity index (χ1n) is 6.71. The number of carbonyl (C=O) groups is 1. The average Bonchev–Trinajstić information content (AvgIpc) is 2.33. The van der Waals surface area contributed by atoms with Gasteiger partial charge in [-0.15, -0.1) is 0 Å². The first-order valence-corrected chi connectivity index (χ1v) is 6.71. The predicted molar refractivity (Wildman–Crippen MR) is 78.6 cm³/mol. The van der Waals surface area contributed by atoms with Gasteiger partial charge in [0.2, 0.25) is 0 Å². The van der Waals surface area contributed by atoms with Gasteiger partial charge >= 0.3 is 0 Å². The number of carbonyl (C=O) groups excluding carboxylic acids is 1. The number of hydrogen-bond donors (Lipinski definition) is 0. The van der Waals surface area contributed by atoms with E-state index in [0.29, 0.717) is 17.2 Å². The minimum atomic E-state index is -0.190. The summed E-state index contributed by atoms with van der Waals surface area (Å²) in [5.74, 6) is 1.21. The van der Waals surface area contributed by atoms with Crippen LogP contribution < -0.4 is 4.74 Å². The maximum atomic E-state index is 12.7. The molecule has 1 rings (SSSR count). The molecule has 0 N–H and O–H groups in total. The molecule has 0 spiro atoms. The Hall–Kier alpha value is -1.51. The molecule has 0 saturated carbocycles. The zero-order chi connectivity index (χ0) is 14.6. The molecule has 1 aromatic rings. The van der Waals surface area contributed by atoms with Crippen LogP contribution in [0, 0.1) is 5.92 Å². The minimum Gasteiger partial charge on any atom is -0.497 e. The Labute approximate surface area is 116 Å². The van der Waals surface area contributed by atoms with Crippen molar-refractivity contribution in [2.75, 3.05) is 13.7 Å². The van der Waals surface area contributed by atoms with Crippen LogP contribution in [0.25, 0.3) is 0 Å². The molecule has 0 radical (unpaired) electrons. The first-order chi connectivity index (χ1) is 8.75. The molecular formula is C16H25NO2. The van der Waals surface area contributed by atoms with Gasteiger partial charge in [-0.1, -0.05) is 19.9 Å². The summed E-state index contributed by atoms with van der Waals surface area (Å²) in [5.41, 5.74) is 0.486. The van der Waals surface area contributed by atoms with Crippen LogP contribution in [0.1, 0.15) is 45.0 Å². The van der Waals surface area contributed by atoms with Gasteiger partial charge in [0.15, 0.2) is 0 Å². The third-order valence-corrected chi connectivity index (χ3v) is 2.92. The standard InChI is InChI=1S/C16H25NO2/c1-12(2)11-17(16(3,4)5)15(18)13-8-7-9-14(10-13)19-6/h7-10,12H,11H2,1-6H3. The average molecular weight is 263 g/mol. The lowest BCUT2D eigenvalue weighted by atomic mass is 10.0. The van der Waals surface area contributed by atoms with Crippen molar-refractivity contribution in [1.29, 1.82) is 0 Å². The van der Waals surface area contributed by atoms with Crippen molar-refractivity contribution in [3.8, 4) is 5.75 Å². The van der Waals surface area contributed by atoms with Crippen LogP contribution in [0.2, 0.25) is 0 Å². The fourth-order valence-corrected chi connectivity index (χ4v) is 1.94. The molecule has 0 aliphatic rings. The van der Waals surface area contributed by atoms with Gasteiger partial charge in [-0.2, -0.15) is 0 Å². The quantitative estimate of drug-likeness (QED) is 0.830. The van der Waals surface area contributed by atoms with Gasteiger partial charge in [0.05, 0.1) is 7.11 Å². The van der Waals surface area contributed by atoms with Crippen LogP contribution >= 0.6 is 0 Å². The summed E-state index contributed by atoms with van der Waals surface area (Å²) >= 11 is 0. The van der Waals surface area contributed by atoms with E-state index >= 15 is 0 Å². The second-order valence-corrected chi connectivity index (χ2v) is 6.21. The molecule has 106 valence electrons. The molecule has 0 bridgehead atoms. The number of rotatable bonds is 4. The molecule has 19 heavy (non-hydrogen) atoms. The molecule has 0 aliphatic carbocycles. The van der Waals surface area contributed by atoms with E-state index < -0.39 is 0 Å². The van der Waals surface area contributed by atoms with E-state index in [0.717, 1.165) is 6.54 Å². The van der Waals surface area contributed by atoms with Crippen LogP contribution in [0.4, 0.5) is 0 Å².